The number of carbonyl (C=O) groups excluding carboxylic acids is 2. The highest BCUT2D eigenvalue weighted by molar-refractivity contribution is 7.89. The first-order valence-corrected chi connectivity index (χ1v) is 9.23. The molecule has 140 valence electrons. The van der Waals surface area contributed by atoms with Crippen molar-refractivity contribution in [2.45, 2.75) is 24.5 Å². The summed E-state index contributed by atoms with van der Waals surface area (Å²) in [5.41, 5.74) is 0.147. The quantitative estimate of drug-likeness (QED) is 0.728. The molecule has 1 atom stereocenters. The van der Waals surface area contributed by atoms with Crippen molar-refractivity contribution in [2.75, 3.05) is 14.1 Å². The summed E-state index contributed by atoms with van der Waals surface area (Å²) in [4.78, 5) is 25.1. The van der Waals surface area contributed by atoms with E-state index in [0.717, 1.165) is 0 Å². The number of furan rings is 1. The van der Waals surface area contributed by atoms with Crippen LogP contribution in [0.2, 0.25) is 0 Å². The van der Waals surface area contributed by atoms with Crippen LogP contribution in [-0.2, 0) is 26.1 Å². The van der Waals surface area contributed by atoms with Crippen LogP contribution in [0.4, 0.5) is 0 Å². The number of amides is 1. The Labute approximate surface area is 151 Å². The molecule has 8 nitrogen and oxygen atoms in total. The zero-order chi connectivity index (χ0) is 19.3. The number of benzene rings is 1. The third-order valence-corrected chi connectivity index (χ3v) is 4.91. The lowest BCUT2D eigenvalue weighted by Gasteiger charge is -2.17. The van der Waals surface area contributed by atoms with Gasteiger partial charge in [-0.15, -0.1) is 0 Å². The summed E-state index contributed by atoms with van der Waals surface area (Å²) in [6.45, 7) is 1.49. The highest BCUT2D eigenvalue weighted by Crippen LogP contribution is 2.13. The van der Waals surface area contributed by atoms with Gasteiger partial charge in [0.2, 0.25) is 10.0 Å². The van der Waals surface area contributed by atoms with E-state index in [-0.39, 0.29) is 22.9 Å². The molecule has 0 aliphatic rings. The summed E-state index contributed by atoms with van der Waals surface area (Å²) in [6, 6.07) is 8.55. The largest absolute Gasteiger partial charge is 0.468 e. The second kappa shape index (κ2) is 8.15. The summed E-state index contributed by atoms with van der Waals surface area (Å²) in [6.07, 6.45) is 0.516. The molecule has 0 aliphatic carbocycles. The molecule has 1 amide bonds. The molecule has 2 rings (SSSR count). The molecule has 1 aromatic carbocycles. The van der Waals surface area contributed by atoms with Crippen LogP contribution in [0.5, 0.6) is 0 Å². The van der Waals surface area contributed by atoms with E-state index in [9.17, 15) is 18.0 Å². The maximum Gasteiger partial charge on any atom is 0.338 e. The molecular weight excluding hydrogens is 360 g/mol. The lowest BCUT2D eigenvalue weighted by molar-refractivity contribution is -0.137. The predicted octanol–water partition coefficient (Wildman–Crippen LogP) is 1.39. The molecule has 2 aromatic rings. The van der Waals surface area contributed by atoms with Crippen molar-refractivity contribution in [1.82, 2.24) is 9.62 Å². The van der Waals surface area contributed by atoms with E-state index in [1.165, 1.54) is 42.4 Å². The van der Waals surface area contributed by atoms with Crippen molar-refractivity contribution in [3.05, 3.63) is 54.0 Å². The molecule has 0 spiro atoms. The summed E-state index contributed by atoms with van der Waals surface area (Å²) in [5.74, 6) is -0.576. The Hall–Kier alpha value is -2.65. The number of hydrogen-bond acceptors (Lipinski definition) is 6. The molecule has 0 bridgehead atoms. The fourth-order valence-corrected chi connectivity index (χ4v) is 3.07. The Morgan fingerprint density at radius 3 is 2.38 bits per heavy atom. The van der Waals surface area contributed by atoms with E-state index in [1.54, 1.807) is 26.2 Å². The lowest BCUT2D eigenvalue weighted by Crippen LogP contribution is -2.34. The van der Waals surface area contributed by atoms with Gasteiger partial charge in [0.1, 0.15) is 5.76 Å². The summed E-state index contributed by atoms with van der Waals surface area (Å²) >= 11 is 0. The Morgan fingerprint density at radius 2 is 1.85 bits per heavy atom. The van der Waals surface area contributed by atoms with Gasteiger partial charge in [-0.3, -0.25) is 4.79 Å². The lowest BCUT2D eigenvalue weighted by atomic mass is 10.2. The Balaban J connectivity index is 2.02. The first-order valence-electron chi connectivity index (χ1n) is 7.75. The van der Waals surface area contributed by atoms with Crippen LogP contribution >= 0.6 is 0 Å². The van der Waals surface area contributed by atoms with E-state index in [1.807, 2.05) is 0 Å². The highest BCUT2D eigenvalue weighted by atomic mass is 32.2. The Morgan fingerprint density at radius 1 is 1.19 bits per heavy atom. The number of likely N-dealkylation sites (N-methyl/N-ethyl adjacent to an activating group) is 1. The van der Waals surface area contributed by atoms with Gasteiger partial charge in [0.05, 0.1) is 23.3 Å². The van der Waals surface area contributed by atoms with Gasteiger partial charge >= 0.3 is 5.97 Å². The van der Waals surface area contributed by atoms with Crippen molar-refractivity contribution in [3.63, 3.8) is 0 Å². The van der Waals surface area contributed by atoms with E-state index >= 15 is 0 Å². The molecule has 1 heterocycles. The van der Waals surface area contributed by atoms with Crippen molar-refractivity contribution in [3.8, 4) is 0 Å². The van der Waals surface area contributed by atoms with Gasteiger partial charge in [-0.1, -0.05) is 0 Å². The molecule has 1 aromatic heterocycles. The number of sulfonamides is 1. The van der Waals surface area contributed by atoms with Crippen LogP contribution in [0.3, 0.4) is 0 Å². The van der Waals surface area contributed by atoms with Crippen molar-refractivity contribution < 1.29 is 27.2 Å². The predicted molar refractivity (Wildman–Crippen MR) is 92.7 cm³/mol. The molecule has 26 heavy (non-hydrogen) atoms. The van der Waals surface area contributed by atoms with Crippen molar-refractivity contribution >= 4 is 21.9 Å². The molecule has 0 radical (unpaired) electrons. The van der Waals surface area contributed by atoms with Gasteiger partial charge in [0.15, 0.2) is 6.10 Å². The molecule has 9 heteroatoms. The third kappa shape index (κ3) is 4.93. The van der Waals surface area contributed by atoms with E-state index < -0.39 is 22.1 Å². The number of nitrogens with zero attached hydrogens (tertiary/aromatic N) is 1. The second-order valence-corrected chi connectivity index (χ2v) is 7.48. The monoisotopic (exact) mass is 380 g/mol. The van der Waals surface area contributed by atoms with Crippen LogP contribution in [0.25, 0.3) is 0 Å². The second-order valence-electron chi connectivity index (χ2n) is 5.71. The number of carbonyl (C=O) groups is 2. The minimum atomic E-state index is -3.75. The van der Waals surface area contributed by atoms with Crippen LogP contribution in [0, 0.1) is 0 Å². The Bertz CT molecular complexity index is 857. The maximum absolute atomic E-state index is 12.2. The smallest absolute Gasteiger partial charge is 0.338 e. The van der Waals surface area contributed by atoms with Crippen LogP contribution < -0.4 is 4.72 Å². The summed E-state index contributed by atoms with van der Waals surface area (Å²) < 4.78 is 37.0. The van der Waals surface area contributed by atoms with Gasteiger partial charge in [-0.25, -0.2) is 17.9 Å². The van der Waals surface area contributed by atoms with E-state index in [4.69, 9.17) is 9.15 Å². The standard InChI is InChI=1S/C17H20N2O6S/c1-12(16(20)19(2)3)25-17(21)13-6-8-15(9-7-13)26(22,23)18-11-14-5-4-10-24-14/h4-10,12,18H,11H2,1-3H3/t12-/m1/s1. The average molecular weight is 380 g/mol. The van der Waals surface area contributed by atoms with Crippen LogP contribution in [0.15, 0.2) is 52.0 Å². The Kier molecular flexibility index (Phi) is 6.17. The fraction of sp³-hybridized carbons (Fsp3) is 0.294. The molecule has 0 unspecified atom stereocenters. The van der Waals surface area contributed by atoms with Gasteiger partial charge in [0.25, 0.3) is 5.91 Å². The average Bonchev–Trinajstić information content (AvgIpc) is 3.13. The maximum atomic E-state index is 12.2. The first kappa shape index (κ1) is 19.7. The van der Waals surface area contributed by atoms with E-state index in [2.05, 4.69) is 4.72 Å². The minimum absolute atomic E-state index is 0.00183. The zero-order valence-corrected chi connectivity index (χ0v) is 15.4. The molecule has 0 saturated heterocycles. The minimum Gasteiger partial charge on any atom is -0.468 e. The third-order valence-electron chi connectivity index (χ3n) is 3.49. The number of nitrogens with one attached hydrogen (secondary N) is 1. The molecule has 0 saturated carbocycles. The van der Waals surface area contributed by atoms with Crippen molar-refractivity contribution in [1.29, 1.82) is 0 Å². The number of rotatable bonds is 7. The van der Waals surface area contributed by atoms with Crippen LogP contribution in [0.1, 0.15) is 23.0 Å². The topological polar surface area (TPSA) is 106 Å². The summed E-state index contributed by atoms with van der Waals surface area (Å²) in [7, 11) is -0.634. The van der Waals surface area contributed by atoms with Gasteiger partial charge in [0, 0.05) is 14.1 Å². The highest BCUT2D eigenvalue weighted by Gasteiger charge is 2.21. The summed E-state index contributed by atoms with van der Waals surface area (Å²) in [5, 5.41) is 0. The fourth-order valence-electron chi connectivity index (χ4n) is 2.08. The number of ether oxygens (including phenoxy) is 1. The number of esters is 1. The zero-order valence-electron chi connectivity index (χ0n) is 14.6. The van der Waals surface area contributed by atoms with E-state index in [0.29, 0.717) is 5.76 Å². The molecular formula is C17H20N2O6S. The van der Waals surface area contributed by atoms with Gasteiger partial charge < -0.3 is 14.1 Å². The van der Waals surface area contributed by atoms with Crippen molar-refractivity contribution in [2.24, 2.45) is 0 Å². The molecule has 0 aliphatic heterocycles. The van der Waals surface area contributed by atoms with Gasteiger partial charge in [-0.05, 0) is 43.3 Å². The van der Waals surface area contributed by atoms with Crippen LogP contribution in [-0.4, -0.2) is 45.4 Å². The molecule has 0 fully saturated rings. The van der Waals surface area contributed by atoms with Gasteiger partial charge in [-0.2, -0.15) is 0 Å². The SMILES string of the molecule is C[C@@H](OC(=O)c1ccc(S(=O)(=O)NCc2ccco2)cc1)C(=O)N(C)C. The number of hydrogen-bond donors (Lipinski definition) is 1. The first-order chi connectivity index (χ1) is 12.2. The normalized spacial score (nSPS) is 12.4. The molecule has 1 N–H and O–H groups in total.